The molecule has 1 saturated heterocycles. The number of pyridine rings is 2. The lowest BCUT2D eigenvalue weighted by molar-refractivity contribution is -0.140. The molecule has 0 spiro atoms. The van der Waals surface area contributed by atoms with E-state index in [1.807, 2.05) is 6.20 Å². The maximum atomic E-state index is 14.7. The molecule has 0 unspecified atom stereocenters. The highest BCUT2D eigenvalue weighted by Crippen LogP contribution is 2.44. The first-order valence-electron chi connectivity index (χ1n) is 12.3. The van der Waals surface area contributed by atoms with E-state index in [9.17, 15) is 13.6 Å². The number of halogens is 2. The molecule has 2 fully saturated rings. The standard InChI is InChI=1S/C27H25F2N7O/c28-27(29,19-4-2-1-3-5-19)26(37)34-22-14-18(8-9-32-22)24-33-21-16-31-15-20(17-6-7-17)23(21)25(35-24)36-12-10-30-11-13-36/h1-5,8-9,14-17,30H,6-7,10-13H2,(H,32,34,37). The zero-order chi connectivity index (χ0) is 25.4. The van der Waals surface area contributed by atoms with Crippen LogP contribution < -0.4 is 15.5 Å². The van der Waals surface area contributed by atoms with Crippen molar-refractivity contribution < 1.29 is 13.6 Å². The summed E-state index contributed by atoms with van der Waals surface area (Å²) in [5, 5.41) is 6.64. The van der Waals surface area contributed by atoms with Crippen LogP contribution in [0.2, 0.25) is 0 Å². The Labute approximate surface area is 212 Å². The first-order valence-corrected chi connectivity index (χ1v) is 12.3. The normalized spacial score (nSPS) is 16.1. The summed E-state index contributed by atoms with van der Waals surface area (Å²) in [5.41, 5.74) is 2.08. The number of hydrogen-bond donors (Lipinski definition) is 2. The largest absolute Gasteiger partial charge is 0.353 e. The van der Waals surface area contributed by atoms with Crippen molar-refractivity contribution in [2.24, 2.45) is 0 Å². The van der Waals surface area contributed by atoms with Gasteiger partial charge in [-0.25, -0.2) is 15.0 Å². The summed E-state index contributed by atoms with van der Waals surface area (Å²) >= 11 is 0. The predicted molar refractivity (Wildman–Crippen MR) is 137 cm³/mol. The zero-order valence-electron chi connectivity index (χ0n) is 20.0. The molecule has 0 bridgehead atoms. The van der Waals surface area contributed by atoms with Gasteiger partial charge in [0.15, 0.2) is 5.82 Å². The molecule has 1 amide bonds. The number of benzene rings is 1. The lowest BCUT2D eigenvalue weighted by Crippen LogP contribution is -2.44. The molecule has 10 heteroatoms. The average molecular weight is 502 g/mol. The Morgan fingerprint density at radius 3 is 2.59 bits per heavy atom. The molecule has 0 atom stereocenters. The van der Waals surface area contributed by atoms with Crippen LogP contribution in [-0.2, 0) is 10.7 Å². The number of piperazine rings is 1. The SMILES string of the molecule is O=C(Nc1cc(-c2nc(N3CCNCC3)c3c(C4CC4)cncc3n2)ccn1)C(F)(F)c1ccccc1. The van der Waals surface area contributed by atoms with E-state index in [4.69, 9.17) is 9.97 Å². The Kier molecular flexibility index (Phi) is 5.96. The quantitative estimate of drug-likeness (QED) is 0.411. The minimum Gasteiger partial charge on any atom is -0.353 e. The van der Waals surface area contributed by atoms with Gasteiger partial charge >= 0.3 is 11.8 Å². The number of nitrogens with one attached hydrogen (secondary N) is 2. The topological polar surface area (TPSA) is 95.9 Å². The monoisotopic (exact) mass is 501 g/mol. The number of anilines is 2. The fourth-order valence-corrected chi connectivity index (χ4v) is 4.64. The number of carbonyl (C=O) groups is 1. The van der Waals surface area contributed by atoms with Crippen LogP contribution in [-0.4, -0.2) is 52.0 Å². The van der Waals surface area contributed by atoms with Crippen LogP contribution in [0.15, 0.2) is 61.1 Å². The van der Waals surface area contributed by atoms with E-state index in [-0.39, 0.29) is 11.4 Å². The third kappa shape index (κ3) is 4.60. The smallest absolute Gasteiger partial charge is 0.350 e. The summed E-state index contributed by atoms with van der Waals surface area (Å²) in [6.07, 6.45) is 7.36. The average Bonchev–Trinajstić information content (AvgIpc) is 3.79. The lowest BCUT2D eigenvalue weighted by atomic mass is 10.1. The van der Waals surface area contributed by atoms with Crippen LogP contribution in [0.1, 0.15) is 29.9 Å². The van der Waals surface area contributed by atoms with Gasteiger partial charge < -0.3 is 15.5 Å². The Hall–Kier alpha value is -4.05. The van der Waals surface area contributed by atoms with E-state index >= 15 is 0 Å². The van der Waals surface area contributed by atoms with Crippen molar-refractivity contribution in [3.05, 3.63) is 72.2 Å². The van der Waals surface area contributed by atoms with Crippen molar-refractivity contribution in [2.75, 3.05) is 36.4 Å². The van der Waals surface area contributed by atoms with Crippen LogP contribution in [0.25, 0.3) is 22.3 Å². The van der Waals surface area contributed by atoms with Crippen molar-refractivity contribution >= 4 is 28.4 Å². The van der Waals surface area contributed by atoms with Gasteiger partial charge in [-0.3, -0.25) is 9.78 Å². The van der Waals surface area contributed by atoms with E-state index in [0.717, 1.165) is 55.7 Å². The number of rotatable bonds is 6. The second kappa shape index (κ2) is 9.44. The van der Waals surface area contributed by atoms with Crippen molar-refractivity contribution in [3.63, 3.8) is 0 Å². The summed E-state index contributed by atoms with van der Waals surface area (Å²) in [4.78, 5) is 33.0. The molecule has 2 aliphatic rings. The first-order chi connectivity index (χ1) is 18.0. The number of aromatic nitrogens is 4. The second-order valence-electron chi connectivity index (χ2n) is 9.33. The Morgan fingerprint density at radius 2 is 1.84 bits per heavy atom. The summed E-state index contributed by atoms with van der Waals surface area (Å²) in [6, 6.07) is 10.2. The molecule has 0 radical (unpaired) electrons. The Bertz CT molecular complexity index is 1450. The van der Waals surface area contributed by atoms with Gasteiger partial charge in [0.1, 0.15) is 11.6 Å². The first kappa shape index (κ1) is 23.4. The van der Waals surface area contributed by atoms with Crippen molar-refractivity contribution in [2.45, 2.75) is 24.7 Å². The minimum absolute atomic E-state index is 0.00428. The molecule has 4 aromatic rings. The zero-order valence-corrected chi connectivity index (χ0v) is 20.0. The van der Waals surface area contributed by atoms with Gasteiger partial charge in [-0.05, 0) is 36.5 Å². The number of amides is 1. The highest BCUT2D eigenvalue weighted by Gasteiger charge is 2.41. The fourth-order valence-electron chi connectivity index (χ4n) is 4.64. The van der Waals surface area contributed by atoms with Crippen molar-refractivity contribution in [3.8, 4) is 11.4 Å². The number of hydrogen-bond acceptors (Lipinski definition) is 7. The predicted octanol–water partition coefficient (Wildman–Crippen LogP) is 4.10. The molecule has 1 aromatic carbocycles. The van der Waals surface area contributed by atoms with Gasteiger partial charge in [0.05, 0.1) is 11.7 Å². The number of fused-ring (bicyclic) bond motifs is 1. The number of alkyl halides is 2. The van der Waals surface area contributed by atoms with Gasteiger partial charge in [-0.1, -0.05) is 30.3 Å². The molecule has 1 saturated carbocycles. The summed E-state index contributed by atoms with van der Waals surface area (Å²) in [7, 11) is 0. The van der Waals surface area contributed by atoms with E-state index in [2.05, 4.69) is 25.5 Å². The molecule has 6 rings (SSSR count). The van der Waals surface area contributed by atoms with Gasteiger partial charge in [0, 0.05) is 55.1 Å². The molecule has 2 N–H and O–H groups in total. The molecule has 37 heavy (non-hydrogen) atoms. The molecule has 3 aromatic heterocycles. The fraction of sp³-hybridized carbons (Fsp3) is 0.296. The third-order valence-electron chi connectivity index (χ3n) is 6.73. The third-order valence-corrected chi connectivity index (χ3v) is 6.73. The lowest BCUT2D eigenvalue weighted by Gasteiger charge is -2.30. The molecule has 1 aliphatic carbocycles. The van der Waals surface area contributed by atoms with E-state index in [0.29, 0.717) is 17.3 Å². The van der Waals surface area contributed by atoms with Crippen LogP contribution in [0.3, 0.4) is 0 Å². The maximum Gasteiger partial charge on any atom is 0.350 e. The molecule has 8 nitrogen and oxygen atoms in total. The van der Waals surface area contributed by atoms with Gasteiger partial charge in [-0.2, -0.15) is 8.78 Å². The van der Waals surface area contributed by atoms with E-state index in [1.165, 1.54) is 42.1 Å². The highest BCUT2D eigenvalue weighted by molar-refractivity contribution is 5.97. The molecule has 1 aliphatic heterocycles. The van der Waals surface area contributed by atoms with Gasteiger partial charge in [0.25, 0.3) is 0 Å². The Morgan fingerprint density at radius 1 is 1.05 bits per heavy atom. The summed E-state index contributed by atoms with van der Waals surface area (Å²) in [5.74, 6) is -3.43. The summed E-state index contributed by atoms with van der Waals surface area (Å²) < 4.78 is 29.4. The molecule has 4 heterocycles. The highest BCUT2D eigenvalue weighted by atomic mass is 19.3. The van der Waals surface area contributed by atoms with Crippen LogP contribution in [0.4, 0.5) is 20.4 Å². The number of carbonyl (C=O) groups excluding carboxylic acids is 1. The number of nitrogens with zero attached hydrogens (tertiary/aromatic N) is 5. The Balaban J connectivity index is 1.37. The van der Waals surface area contributed by atoms with Gasteiger partial charge in [0.2, 0.25) is 0 Å². The molecule has 188 valence electrons. The van der Waals surface area contributed by atoms with E-state index in [1.54, 1.807) is 18.3 Å². The van der Waals surface area contributed by atoms with Crippen molar-refractivity contribution in [1.29, 1.82) is 0 Å². The molecular weight excluding hydrogens is 476 g/mol. The van der Waals surface area contributed by atoms with Gasteiger partial charge in [-0.15, -0.1) is 0 Å². The van der Waals surface area contributed by atoms with Crippen LogP contribution in [0, 0.1) is 0 Å². The van der Waals surface area contributed by atoms with Crippen LogP contribution in [0.5, 0.6) is 0 Å². The van der Waals surface area contributed by atoms with E-state index < -0.39 is 11.8 Å². The van der Waals surface area contributed by atoms with Crippen molar-refractivity contribution in [1.82, 2.24) is 25.3 Å². The minimum atomic E-state index is -3.71. The van der Waals surface area contributed by atoms with Crippen LogP contribution >= 0.6 is 0 Å². The maximum absolute atomic E-state index is 14.7. The summed E-state index contributed by atoms with van der Waals surface area (Å²) in [6.45, 7) is 3.33. The second-order valence-corrected chi connectivity index (χ2v) is 9.33. The molecular formula is C27H25F2N7O.